The minimum absolute atomic E-state index is 0. The van der Waals surface area contributed by atoms with Crippen LogP contribution in [-0.2, 0) is 4.79 Å². The van der Waals surface area contributed by atoms with Gasteiger partial charge in [-0.3, -0.25) is 0 Å². The molecular weight excluding hydrogens is 102 g/mol. The molecule has 2 nitrogen and oxygen atoms in total. The number of carbonyl (C=O) groups excluding carboxylic acids is 1. The van der Waals surface area contributed by atoms with Crippen molar-refractivity contribution in [3.63, 3.8) is 0 Å². The van der Waals surface area contributed by atoms with Crippen molar-refractivity contribution in [2.75, 3.05) is 0 Å². The molecule has 0 aromatic rings. The third kappa shape index (κ3) is 882. The molecule has 52 valence electrons. The standard InChI is InChI=1S/C3H6O.C3H8.H3N/c1-3(2)4;1-3-2;/h1-2H3;3H2,1-2H3;1H3. The van der Waals surface area contributed by atoms with Crippen molar-refractivity contribution in [2.45, 2.75) is 34.1 Å². The molecule has 0 aliphatic rings. The van der Waals surface area contributed by atoms with Gasteiger partial charge in [-0.25, -0.2) is 0 Å². The van der Waals surface area contributed by atoms with Crippen molar-refractivity contribution in [3.05, 3.63) is 0 Å². The largest absolute Gasteiger partial charge is 0.344 e. The second-order valence-corrected chi connectivity index (χ2v) is 1.62. The monoisotopic (exact) mass is 119 g/mol. The van der Waals surface area contributed by atoms with Crippen LogP contribution in [0.2, 0.25) is 0 Å². The highest BCUT2D eigenvalue weighted by Crippen LogP contribution is 1.56. The Morgan fingerprint density at radius 2 is 1.25 bits per heavy atom. The van der Waals surface area contributed by atoms with Crippen LogP contribution in [0.3, 0.4) is 0 Å². The van der Waals surface area contributed by atoms with Gasteiger partial charge >= 0.3 is 0 Å². The first-order chi connectivity index (χ1) is 3.15. The molecule has 0 aliphatic heterocycles. The van der Waals surface area contributed by atoms with E-state index in [2.05, 4.69) is 13.8 Å². The fourth-order valence-electron chi connectivity index (χ4n) is 0. The van der Waals surface area contributed by atoms with Crippen LogP contribution in [0.1, 0.15) is 34.1 Å². The molecule has 0 atom stereocenters. The van der Waals surface area contributed by atoms with Crippen LogP contribution in [-0.4, -0.2) is 5.78 Å². The fraction of sp³-hybridized carbons (Fsp3) is 0.833. The van der Waals surface area contributed by atoms with E-state index in [1.165, 1.54) is 20.3 Å². The molecule has 0 unspecified atom stereocenters. The van der Waals surface area contributed by atoms with Gasteiger partial charge in [0, 0.05) is 0 Å². The minimum atomic E-state index is 0. The van der Waals surface area contributed by atoms with Gasteiger partial charge in [0.05, 0.1) is 0 Å². The van der Waals surface area contributed by atoms with Gasteiger partial charge in [0.2, 0.25) is 0 Å². The lowest BCUT2D eigenvalue weighted by Gasteiger charge is -1.56. The third-order valence-corrected chi connectivity index (χ3v) is 0. The number of carbonyl (C=O) groups is 1. The van der Waals surface area contributed by atoms with Crippen LogP contribution >= 0.6 is 0 Å². The first-order valence-electron chi connectivity index (χ1n) is 2.62. The smallest absolute Gasteiger partial charge is 0.126 e. The summed E-state index contributed by atoms with van der Waals surface area (Å²) in [6.07, 6.45) is 1.25. The Bertz CT molecular complexity index is 39.8. The van der Waals surface area contributed by atoms with E-state index >= 15 is 0 Å². The van der Waals surface area contributed by atoms with Gasteiger partial charge in [-0.05, 0) is 13.8 Å². The van der Waals surface area contributed by atoms with E-state index in [9.17, 15) is 4.79 Å². The van der Waals surface area contributed by atoms with Crippen molar-refractivity contribution in [1.82, 2.24) is 6.15 Å². The van der Waals surface area contributed by atoms with E-state index in [0.717, 1.165) is 0 Å². The molecule has 0 heterocycles. The second-order valence-electron chi connectivity index (χ2n) is 1.62. The van der Waals surface area contributed by atoms with Crippen LogP contribution in [0.5, 0.6) is 0 Å². The van der Waals surface area contributed by atoms with Crippen LogP contribution in [0.25, 0.3) is 0 Å². The van der Waals surface area contributed by atoms with Gasteiger partial charge in [0.25, 0.3) is 0 Å². The van der Waals surface area contributed by atoms with Crippen molar-refractivity contribution < 1.29 is 4.79 Å². The molecule has 0 aliphatic carbocycles. The molecule has 2 heteroatoms. The molecule has 0 fully saturated rings. The summed E-state index contributed by atoms with van der Waals surface area (Å²) in [5.74, 6) is 0.167. The molecule has 0 radical (unpaired) electrons. The van der Waals surface area contributed by atoms with Gasteiger partial charge < -0.3 is 10.9 Å². The molecule has 0 aromatic heterocycles. The predicted octanol–water partition coefficient (Wildman–Crippen LogP) is 2.17. The predicted molar refractivity (Wildman–Crippen MR) is 37.3 cm³/mol. The minimum Gasteiger partial charge on any atom is -0.344 e. The Morgan fingerprint density at radius 1 is 1.25 bits per heavy atom. The summed E-state index contributed by atoms with van der Waals surface area (Å²) in [5.41, 5.74) is 0. The van der Waals surface area contributed by atoms with Crippen molar-refractivity contribution >= 4 is 5.78 Å². The summed E-state index contributed by atoms with van der Waals surface area (Å²) in [6.45, 7) is 7.31. The zero-order valence-electron chi connectivity index (χ0n) is 6.32. The zero-order valence-corrected chi connectivity index (χ0v) is 6.32. The van der Waals surface area contributed by atoms with Crippen LogP contribution in [0.4, 0.5) is 0 Å². The molecule has 0 spiro atoms. The highest BCUT2D eigenvalue weighted by atomic mass is 16.1. The molecule has 0 saturated heterocycles. The van der Waals surface area contributed by atoms with Gasteiger partial charge in [0.1, 0.15) is 5.78 Å². The van der Waals surface area contributed by atoms with Crippen LogP contribution in [0, 0.1) is 0 Å². The average molecular weight is 119 g/mol. The van der Waals surface area contributed by atoms with Gasteiger partial charge in [-0.15, -0.1) is 0 Å². The Balaban J connectivity index is -0.0000000575. The summed E-state index contributed by atoms with van der Waals surface area (Å²) in [7, 11) is 0. The molecule has 0 rings (SSSR count). The second kappa shape index (κ2) is 15.9. The number of rotatable bonds is 0. The fourth-order valence-corrected chi connectivity index (χ4v) is 0. The topological polar surface area (TPSA) is 52.1 Å². The number of ketones is 1. The molecule has 0 saturated carbocycles. The summed E-state index contributed by atoms with van der Waals surface area (Å²) >= 11 is 0. The summed E-state index contributed by atoms with van der Waals surface area (Å²) in [5, 5.41) is 0. The van der Waals surface area contributed by atoms with Gasteiger partial charge in [-0.2, -0.15) is 0 Å². The third-order valence-electron chi connectivity index (χ3n) is 0. The van der Waals surface area contributed by atoms with Gasteiger partial charge in [0.15, 0.2) is 0 Å². The van der Waals surface area contributed by atoms with E-state index in [-0.39, 0.29) is 11.9 Å². The number of Topliss-reactive ketones (excluding diaryl/α,β-unsaturated/α-hetero) is 1. The molecular formula is C6H17NO. The van der Waals surface area contributed by atoms with Gasteiger partial charge in [-0.1, -0.05) is 20.3 Å². The quantitative estimate of drug-likeness (QED) is 0.531. The molecule has 8 heavy (non-hydrogen) atoms. The normalized spacial score (nSPS) is 5.50. The van der Waals surface area contributed by atoms with Crippen molar-refractivity contribution in [3.8, 4) is 0 Å². The van der Waals surface area contributed by atoms with Crippen LogP contribution < -0.4 is 6.15 Å². The lowest BCUT2D eigenvalue weighted by Crippen LogP contribution is -1.69. The van der Waals surface area contributed by atoms with Crippen molar-refractivity contribution in [2.24, 2.45) is 0 Å². The molecule has 3 N–H and O–H groups in total. The highest BCUT2D eigenvalue weighted by Gasteiger charge is 1.62. The highest BCUT2D eigenvalue weighted by molar-refractivity contribution is 5.72. The SMILES string of the molecule is CC(C)=O.CCC.N. The van der Waals surface area contributed by atoms with E-state index in [1.807, 2.05) is 0 Å². The molecule has 0 bridgehead atoms. The molecule has 0 amide bonds. The maximum absolute atomic E-state index is 9.44. The maximum Gasteiger partial charge on any atom is 0.126 e. The zero-order chi connectivity index (χ0) is 6.28. The Labute approximate surface area is 51.9 Å². The molecule has 0 aromatic carbocycles. The maximum atomic E-state index is 9.44. The van der Waals surface area contributed by atoms with Crippen molar-refractivity contribution in [1.29, 1.82) is 0 Å². The van der Waals surface area contributed by atoms with E-state index < -0.39 is 0 Å². The average Bonchev–Trinajstić information content (AvgIpc) is 1.33. The van der Waals surface area contributed by atoms with E-state index in [1.54, 1.807) is 0 Å². The lowest BCUT2D eigenvalue weighted by molar-refractivity contribution is -0.114. The number of hydrogen-bond donors (Lipinski definition) is 1. The summed E-state index contributed by atoms with van der Waals surface area (Å²) < 4.78 is 0. The summed E-state index contributed by atoms with van der Waals surface area (Å²) in [6, 6.07) is 0. The lowest BCUT2D eigenvalue weighted by atomic mass is 10.6. The Morgan fingerprint density at radius 3 is 1.25 bits per heavy atom. The van der Waals surface area contributed by atoms with E-state index in [4.69, 9.17) is 0 Å². The first-order valence-corrected chi connectivity index (χ1v) is 2.62. The summed E-state index contributed by atoms with van der Waals surface area (Å²) in [4.78, 5) is 9.44. The first kappa shape index (κ1) is 15.6. The van der Waals surface area contributed by atoms with E-state index in [0.29, 0.717) is 0 Å². The Kier molecular flexibility index (Phi) is 31.2. The number of hydrogen-bond acceptors (Lipinski definition) is 2. The Hall–Kier alpha value is -0.370. The van der Waals surface area contributed by atoms with Crippen LogP contribution in [0.15, 0.2) is 0 Å².